The van der Waals surface area contributed by atoms with Crippen molar-refractivity contribution in [3.8, 4) is 5.75 Å². The molecule has 5 heteroatoms. The Labute approximate surface area is 187 Å². The maximum Gasteiger partial charge on any atom is 0.168 e. The first kappa shape index (κ1) is 21.4. The lowest BCUT2D eigenvalue weighted by molar-refractivity contribution is 0.384. The van der Waals surface area contributed by atoms with Gasteiger partial charge in [-0.15, -0.1) is 0 Å². The largest absolute Gasteiger partial charge is 0.494 e. The summed E-state index contributed by atoms with van der Waals surface area (Å²) < 4.78 is 19.6. The molecule has 0 fully saturated rings. The number of benzene rings is 3. The smallest absolute Gasteiger partial charge is 0.168 e. The van der Waals surface area contributed by atoms with Gasteiger partial charge in [-0.3, -0.25) is 0 Å². The summed E-state index contributed by atoms with van der Waals surface area (Å²) >= 11 is 6.15. The van der Waals surface area contributed by atoms with Gasteiger partial charge in [-0.05, 0) is 66.4 Å². The summed E-state index contributed by atoms with van der Waals surface area (Å²) in [7, 11) is 1.49. The van der Waals surface area contributed by atoms with E-state index >= 15 is 0 Å². The Kier molecular flexibility index (Phi) is 6.59. The van der Waals surface area contributed by atoms with Crippen molar-refractivity contribution in [1.82, 2.24) is 10.3 Å². The molecule has 2 N–H and O–H groups in total. The van der Waals surface area contributed by atoms with Crippen molar-refractivity contribution in [3.63, 3.8) is 0 Å². The molecule has 0 amide bonds. The first-order valence-corrected chi connectivity index (χ1v) is 10.8. The third-order valence-electron chi connectivity index (χ3n) is 5.68. The monoisotopic (exact) mass is 436 g/mol. The zero-order chi connectivity index (χ0) is 21.8. The maximum absolute atomic E-state index is 14.5. The van der Waals surface area contributed by atoms with E-state index in [0.717, 1.165) is 29.1 Å². The van der Waals surface area contributed by atoms with Gasteiger partial charge in [0.2, 0.25) is 0 Å². The van der Waals surface area contributed by atoms with E-state index < -0.39 is 0 Å². The number of aromatic nitrogens is 1. The van der Waals surface area contributed by atoms with Gasteiger partial charge in [0, 0.05) is 34.6 Å². The van der Waals surface area contributed by atoms with E-state index in [9.17, 15) is 4.39 Å². The number of halogens is 2. The fourth-order valence-corrected chi connectivity index (χ4v) is 4.11. The third-order valence-corrected chi connectivity index (χ3v) is 5.92. The summed E-state index contributed by atoms with van der Waals surface area (Å²) in [4.78, 5) is 3.30. The molecule has 1 aromatic heterocycles. The predicted octanol–water partition coefficient (Wildman–Crippen LogP) is 6.45. The predicted molar refractivity (Wildman–Crippen MR) is 126 cm³/mol. The summed E-state index contributed by atoms with van der Waals surface area (Å²) in [5, 5.41) is 5.52. The van der Waals surface area contributed by atoms with Crippen LogP contribution in [-0.4, -0.2) is 18.6 Å². The van der Waals surface area contributed by atoms with Gasteiger partial charge in [-0.2, -0.15) is 0 Å². The molecule has 0 bridgehead atoms. The molecule has 4 rings (SSSR count). The average Bonchev–Trinajstić information content (AvgIpc) is 3.17. The van der Waals surface area contributed by atoms with Gasteiger partial charge in [0.1, 0.15) is 0 Å². The molecule has 0 aliphatic carbocycles. The standard InChI is InChI=1S/C26H26ClFN2O/c1-17(29-12-11-21-16-30-24-10-9-22(27)15-23(21)24)19-6-3-5-18(13-19)14-20-7-4-8-25(31-2)26(20)28/h3-10,13,15-17,29-30H,11-12,14H2,1-2H3. The van der Waals surface area contributed by atoms with Gasteiger partial charge in [-0.1, -0.05) is 48.0 Å². The van der Waals surface area contributed by atoms with Crippen molar-refractivity contribution in [2.24, 2.45) is 0 Å². The molecule has 0 spiro atoms. The molecular formula is C26H26ClFN2O. The van der Waals surface area contributed by atoms with E-state index in [1.165, 1.54) is 23.6 Å². The van der Waals surface area contributed by atoms with Gasteiger partial charge in [0.15, 0.2) is 11.6 Å². The van der Waals surface area contributed by atoms with Crippen LogP contribution in [-0.2, 0) is 12.8 Å². The Morgan fingerprint density at radius 1 is 1.06 bits per heavy atom. The van der Waals surface area contributed by atoms with E-state index in [0.29, 0.717) is 12.0 Å². The third kappa shape index (κ3) is 4.92. The van der Waals surface area contributed by atoms with Crippen LogP contribution in [0.2, 0.25) is 5.02 Å². The van der Waals surface area contributed by atoms with Crippen LogP contribution in [0.5, 0.6) is 5.75 Å². The summed E-state index contributed by atoms with van der Waals surface area (Å²) in [6.45, 7) is 2.99. The number of nitrogens with one attached hydrogen (secondary N) is 2. The topological polar surface area (TPSA) is 37.0 Å². The highest BCUT2D eigenvalue weighted by atomic mass is 35.5. The Morgan fingerprint density at radius 2 is 1.90 bits per heavy atom. The number of hydrogen-bond acceptors (Lipinski definition) is 2. The fourth-order valence-electron chi connectivity index (χ4n) is 3.94. The van der Waals surface area contributed by atoms with Crippen LogP contribution in [0, 0.1) is 5.82 Å². The highest BCUT2D eigenvalue weighted by Crippen LogP contribution is 2.25. The highest BCUT2D eigenvalue weighted by Gasteiger charge is 2.11. The van der Waals surface area contributed by atoms with Crippen LogP contribution in [0.4, 0.5) is 4.39 Å². The second kappa shape index (κ2) is 9.54. The van der Waals surface area contributed by atoms with Gasteiger partial charge < -0.3 is 15.0 Å². The number of H-pyrrole nitrogens is 1. The molecule has 0 aliphatic heterocycles. The normalized spacial score (nSPS) is 12.3. The number of rotatable bonds is 8. The average molecular weight is 437 g/mol. The molecule has 160 valence electrons. The zero-order valence-electron chi connectivity index (χ0n) is 17.7. The van der Waals surface area contributed by atoms with E-state index in [1.54, 1.807) is 12.1 Å². The second-order valence-electron chi connectivity index (χ2n) is 7.78. The van der Waals surface area contributed by atoms with E-state index in [2.05, 4.69) is 35.6 Å². The number of aromatic amines is 1. The highest BCUT2D eigenvalue weighted by molar-refractivity contribution is 6.31. The molecule has 4 aromatic rings. The van der Waals surface area contributed by atoms with E-state index in [-0.39, 0.29) is 17.6 Å². The first-order chi connectivity index (χ1) is 15.0. The zero-order valence-corrected chi connectivity index (χ0v) is 18.5. The lowest BCUT2D eigenvalue weighted by atomic mass is 9.99. The van der Waals surface area contributed by atoms with Crippen LogP contribution in [0.3, 0.4) is 0 Å². The fraction of sp³-hybridized carbons (Fsp3) is 0.231. The Morgan fingerprint density at radius 3 is 2.74 bits per heavy atom. The molecule has 31 heavy (non-hydrogen) atoms. The SMILES string of the molecule is COc1cccc(Cc2cccc(C(C)NCCc3c[nH]c4ccc(Cl)cc34)c2)c1F. The summed E-state index contributed by atoms with van der Waals surface area (Å²) in [5.74, 6) is -0.0114. The van der Waals surface area contributed by atoms with Gasteiger partial charge in [0.05, 0.1) is 7.11 Å². The van der Waals surface area contributed by atoms with E-state index in [4.69, 9.17) is 16.3 Å². The Balaban J connectivity index is 1.40. The molecule has 1 heterocycles. The second-order valence-corrected chi connectivity index (χ2v) is 8.22. The molecule has 0 radical (unpaired) electrons. The van der Waals surface area contributed by atoms with Gasteiger partial charge >= 0.3 is 0 Å². The van der Waals surface area contributed by atoms with E-state index in [1.807, 2.05) is 36.4 Å². The van der Waals surface area contributed by atoms with Crippen molar-refractivity contribution < 1.29 is 9.13 Å². The van der Waals surface area contributed by atoms with Crippen LogP contribution < -0.4 is 10.1 Å². The molecular weight excluding hydrogens is 411 g/mol. The van der Waals surface area contributed by atoms with Gasteiger partial charge in [-0.25, -0.2) is 4.39 Å². The minimum absolute atomic E-state index is 0.184. The Hall–Kier alpha value is -2.82. The Bertz CT molecular complexity index is 1190. The summed E-state index contributed by atoms with van der Waals surface area (Å²) in [5.41, 5.74) is 5.24. The van der Waals surface area contributed by atoms with Crippen molar-refractivity contribution in [1.29, 1.82) is 0 Å². The molecule has 3 nitrogen and oxygen atoms in total. The van der Waals surface area contributed by atoms with Crippen LogP contribution >= 0.6 is 11.6 Å². The molecule has 1 atom stereocenters. The maximum atomic E-state index is 14.5. The van der Waals surface area contributed by atoms with Crippen molar-refractivity contribution in [2.75, 3.05) is 13.7 Å². The quantitative estimate of drug-likeness (QED) is 0.333. The lowest BCUT2D eigenvalue weighted by Gasteiger charge is -2.16. The lowest BCUT2D eigenvalue weighted by Crippen LogP contribution is -2.21. The molecule has 0 aliphatic rings. The van der Waals surface area contributed by atoms with Crippen LogP contribution in [0.15, 0.2) is 66.9 Å². The number of fused-ring (bicyclic) bond motifs is 1. The minimum atomic E-state index is -0.291. The van der Waals surface area contributed by atoms with Crippen molar-refractivity contribution in [3.05, 3.63) is 100.0 Å². The molecule has 3 aromatic carbocycles. The van der Waals surface area contributed by atoms with Crippen molar-refractivity contribution in [2.45, 2.75) is 25.8 Å². The number of ether oxygens (including phenoxy) is 1. The molecule has 0 saturated carbocycles. The molecule has 0 saturated heterocycles. The number of methoxy groups -OCH3 is 1. The molecule has 1 unspecified atom stereocenters. The van der Waals surface area contributed by atoms with Crippen LogP contribution in [0.1, 0.15) is 35.2 Å². The number of hydrogen-bond donors (Lipinski definition) is 2. The van der Waals surface area contributed by atoms with Crippen LogP contribution in [0.25, 0.3) is 10.9 Å². The first-order valence-electron chi connectivity index (χ1n) is 10.4. The summed E-state index contributed by atoms with van der Waals surface area (Å²) in [6, 6.07) is 19.7. The minimum Gasteiger partial charge on any atom is -0.494 e. The van der Waals surface area contributed by atoms with Crippen molar-refractivity contribution >= 4 is 22.5 Å². The summed E-state index contributed by atoms with van der Waals surface area (Å²) in [6.07, 6.45) is 3.48. The van der Waals surface area contributed by atoms with Gasteiger partial charge in [0.25, 0.3) is 0 Å².